The van der Waals surface area contributed by atoms with Gasteiger partial charge in [0.1, 0.15) is 5.60 Å². The van der Waals surface area contributed by atoms with Gasteiger partial charge in [0.25, 0.3) is 0 Å². The number of rotatable bonds is 3. The average molecular weight is 347 g/mol. The zero-order valence-corrected chi connectivity index (χ0v) is 15.1. The van der Waals surface area contributed by atoms with E-state index in [1.807, 2.05) is 57.2 Å². The number of hydrogen-bond donors (Lipinski definition) is 0. The minimum Gasteiger partial charge on any atom is -0.443 e. The Morgan fingerprint density at radius 2 is 1.42 bits per heavy atom. The molecule has 4 heteroatoms. The highest BCUT2D eigenvalue weighted by Crippen LogP contribution is 2.23. The Morgan fingerprint density at radius 1 is 0.808 bits per heavy atom. The van der Waals surface area contributed by atoms with Gasteiger partial charge in [-0.3, -0.25) is 9.36 Å². The van der Waals surface area contributed by atoms with E-state index in [4.69, 9.17) is 4.74 Å². The van der Waals surface area contributed by atoms with Crippen molar-refractivity contribution in [1.29, 1.82) is 0 Å². The van der Waals surface area contributed by atoms with Crippen LogP contribution in [0.3, 0.4) is 0 Å². The zero-order chi connectivity index (χ0) is 18.7. The van der Waals surface area contributed by atoms with Gasteiger partial charge in [-0.1, -0.05) is 54.6 Å². The normalized spacial score (nSPS) is 11.2. The van der Waals surface area contributed by atoms with Gasteiger partial charge in [0, 0.05) is 17.3 Å². The van der Waals surface area contributed by atoms with Crippen molar-refractivity contribution in [1.82, 2.24) is 4.57 Å². The molecule has 0 aliphatic carbocycles. The minimum absolute atomic E-state index is 0.0281. The Morgan fingerprint density at radius 3 is 2.04 bits per heavy atom. The van der Waals surface area contributed by atoms with Gasteiger partial charge < -0.3 is 4.74 Å². The first-order valence-corrected chi connectivity index (χ1v) is 8.46. The number of hydrogen-bond acceptors (Lipinski definition) is 3. The first-order chi connectivity index (χ1) is 12.3. The molecule has 0 radical (unpaired) electrons. The molecule has 1 aromatic heterocycles. The molecule has 4 nitrogen and oxygen atoms in total. The predicted molar refractivity (Wildman–Crippen MR) is 101 cm³/mol. The molecule has 0 saturated heterocycles. The molecular weight excluding hydrogens is 326 g/mol. The largest absolute Gasteiger partial charge is 0.443 e. The molecule has 3 rings (SSSR count). The number of carbonyl (C=O) groups excluding carboxylic acids is 2. The van der Waals surface area contributed by atoms with Crippen LogP contribution in [0.25, 0.3) is 11.3 Å². The molecule has 0 bridgehead atoms. The van der Waals surface area contributed by atoms with Crippen LogP contribution in [0, 0.1) is 0 Å². The van der Waals surface area contributed by atoms with Crippen molar-refractivity contribution in [2.45, 2.75) is 26.4 Å². The first-order valence-electron chi connectivity index (χ1n) is 8.46. The maximum absolute atomic E-state index is 12.5. The lowest BCUT2D eigenvalue weighted by atomic mass is 10.0. The maximum Gasteiger partial charge on any atom is 0.418 e. The van der Waals surface area contributed by atoms with Gasteiger partial charge in [-0.25, -0.2) is 4.79 Å². The van der Waals surface area contributed by atoms with Crippen LogP contribution >= 0.6 is 0 Å². The van der Waals surface area contributed by atoms with E-state index in [0.717, 1.165) is 11.3 Å². The van der Waals surface area contributed by atoms with Crippen LogP contribution in [0.4, 0.5) is 4.79 Å². The average Bonchev–Trinajstić information content (AvgIpc) is 3.10. The molecule has 0 aliphatic heterocycles. The van der Waals surface area contributed by atoms with Crippen LogP contribution in [-0.2, 0) is 4.74 Å². The van der Waals surface area contributed by atoms with E-state index in [0.29, 0.717) is 11.1 Å². The van der Waals surface area contributed by atoms with E-state index in [9.17, 15) is 9.59 Å². The number of ketones is 1. The van der Waals surface area contributed by atoms with Crippen LogP contribution in [0.5, 0.6) is 0 Å². The fourth-order valence-corrected chi connectivity index (χ4v) is 2.64. The van der Waals surface area contributed by atoms with Crippen LogP contribution in [0.2, 0.25) is 0 Å². The van der Waals surface area contributed by atoms with Gasteiger partial charge in [0.2, 0.25) is 0 Å². The van der Waals surface area contributed by atoms with E-state index >= 15 is 0 Å². The summed E-state index contributed by atoms with van der Waals surface area (Å²) in [6.45, 7) is 5.49. The summed E-state index contributed by atoms with van der Waals surface area (Å²) in [6, 6.07) is 20.0. The molecule has 3 aromatic rings. The van der Waals surface area contributed by atoms with E-state index in [-0.39, 0.29) is 5.78 Å². The lowest BCUT2D eigenvalue weighted by Crippen LogP contribution is -2.27. The quantitative estimate of drug-likeness (QED) is 0.614. The lowest BCUT2D eigenvalue weighted by molar-refractivity contribution is 0.0540. The van der Waals surface area contributed by atoms with Gasteiger partial charge in [-0.2, -0.15) is 0 Å². The van der Waals surface area contributed by atoms with Crippen LogP contribution in [-0.4, -0.2) is 22.0 Å². The molecule has 0 atom stereocenters. The molecule has 2 aromatic carbocycles. The molecule has 0 spiro atoms. The first kappa shape index (κ1) is 17.7. The summed E-state index contributed by atoms with van der Waals surface area (Å²) in [7, 11) is 0. The third-order valence-corrected chi connectivity index (χ3v) is 3.82. The summed E-state index contributed by atoms with van der Waals surface area (Å²) >= 11 is 0. The third-order valence-electron chi connectivity index (χ3n) is 3.82. The van der Waals surface area contributed by atoms with Crippen molar-refractivity contribution in [2.75, 3.05) is 0 Å². The highest BCUT2D eigenvalue weighted by Gasteiger charge is 2.20. The van der Waals surface area contributed by atoms with Crippen molar-refractivity contribution in [2.24, 2.45) is 0 Å². The molecule has 0 N–H and O–H groups in total. The highest BCUT2D eigenvalue weighted by atomic mass is 16.6. The number of ether oxygens (including phenoxy) is 1. The second-order valence-electron chi connectivity index (χ2n) is 7.02. The minimum atomic E-state index is -0.565. The fourth-order valence-electron chi connectivity index (χ4n) is 2.64. The van der Waals surface area contributed by atoms with E-state index in [1.165, 1.54) is 4.57 Å². The second-order valence-corrected chi connectivity index (χ2v) is 7.02. The second kappa shape index (κ2) is 7.00. The molecule has 0 amide bonds. The summed E-state index contributed by atoms with van der Waals surface area (Å²) in [5.74, 6) is -0.0281. The summed E-state index contributed by atoms with van der Waals surface area (Å²) in [5.41, 5.74) is 2.25. The standard InChI is InChI=1S/C22H21NO3/c1-22(2,3)26-21(25)23-15-7-10-19(23)16-11-13-18(14-12-16)20(24)17-8-5-4-6-9-17/h4-15H,1-3H3. The van der Waals surface area contributed by atoms with Gasteiger partial charge >= 0.3 is 6.09 Å². The van der Waals surface area contributed by atoms with Gasteiger partial charge in [-0.05, 0) is 38.5 Å². The summed E-state index contributed by atoms with van der Waals surface area (Å²) in [6.07, 6.45) is 1.24. The number of nitrogens with zero attached hydrogens (tertiary/aromatic N) is 1. The molecule has 0 aliphatic rings. The Labute approximate surface area is 153 Å². The highest BCUT2D eigenvalue weighted by molar-refractivity contribution is 6.09. The van der Waals surface area contributed by atoms with Crippen molar-refractivity contribution in [3.8, 4) is 11.3 Å². The maximum atomic E-state index is 12.5. The summed E-state index contributed by atoms with van der Waals surface area (Å²) in [5, 5.41) is 0. The van der Waals surface area contributed by atoms with E-state index in [1.54, 1.807) is 36.5 Å². The SMILES string of the molecule is CC(C)(C)OC(=O)n1cccc1-c1ccc(C(=O)c2ccccc2)cc1. The van der Waals surface area contributed by atoms with Gasteiger partial charge in [-0.15, -0.1) is 0 Å². The molecule has 1 heterocycles. The van der Waals surface area contributed by atoms with Gasteiger partial charge in [0.15, 0.2) is 5.78 Å². The van der Waals surface area contributed by atoms with Crippen molar-refractivity contribution in [3.05, 3.63) is 84.1 Å². The van der Waals surface area contributed by atoms with E-state index in [2.05, 4.69) is 0 Å². The van der Waals surface area contributed by atoms with Gasteiger partial charge in [0.05, 0.1) is 5.69 Å². The molecular formula is C22H21NO3. The monoisotopic (exact) mass is 347 g/mol. The van der Waals surface area contributed by atoms with Crippen LogP contribution in [0.15, 0.2) is 72.9 Å². The Balaban J connectivity index is 1.85. The molecule has 0 unspecified atom stereocenters. The Hall–Kier alpha value is -3.14. The van der Waals surface area contributed by atoms with E-state index < -0.39 is 11.7 Å². The van der Waals surface area contributed by atoms with Crippen LogP contribution < -0.4 is 0 Å². The molecule has 132 valence electrons. The molecule has 26 heavy (non-hydrogen) atoms. The third kappa shape index (κ3) is 3.91. The van der Waals surface area contributed by atoms with Crippen LogP contribution in [0.1, 0.15) is 36.7 Å². The van der Waals surface area contributed by atoms with Crippen molar-refractivity contribution in [3.63, 3.8) is 0 Å². The smallest absolute Gasteiger partial charge is 0.418 e. The zero-order valence-electron chi connectivity index (χ0n) is 15.1. The van der Waals surface area contributed by atoms with Crippen molar-refractivity contribution >= 4 is 11.9 Å². The Kier molecular flexibility index (Phi) is 4.76. The predicted octanol–water partition coefficient (Wildman–Crippen LogP) is 5.17. The molecule has 0 saturated carbocycles. The number of carbonyl (C=O) groups is 2. The number of aromatic nitrogens is 1. The Bertz CT molecular complexity index is 916. The summed E-state index contributed by atoms with van der Waals surface area (Å²) < 4.78 is 6.91. The fraction of sp³-hybridized carbons (Fsp3) is 0.182. The number of benzene rings is 2. The van der Waals surface area contributed by atoms with Crippen molar-refractivity contribution < 1.29 is 14.3 Å². The summed E-state index contributed by atoms with van der Waals surface area (Å²) in [4.78, 5) is 24.9. The lowest BCUT2D eigenvalue weighted by Gasteiger charge is -2.20. The topological polar surface area (TPSA) is 48.3 Å². The molecule has 0 fully saturated rings.